The number of nitrogens with zero attached hydrogens (tertiary/aromatic N) is 3. The van der Waals surface area contributed by atoms with E-state index in [1.807, 2.05) is 49.4 Å². The Balaban J connectivity index is 1.53. The van der Waals surface area contributed by atoms with Gasteiger partial charge < -0.3 is 14.8 Å². The first-order valence-corrected chi connectivity index (χ1v) is 9.27. The number of benzene rings is 2. The third-order valence-corrected chi connectivity index (χ3v) is 4.77. The first kappa shape index (κ1) is 18.3. The van der Waals surface area contributed by atoms with Crippen molar-refractivity contribution in [3.63, 3.8) is 0 Å². The highest BCUT2D eigenvalue weighted by Gasteiger charge is 2.20. The maximum Gasteiger partial charge on any atom is 0.142 e. The van der Waals surface area contributed by atoms with E-state index in [1.165, 1.54) is 5.69 Å². The van der Waals surface area contributed by atoms with Gasteiger partial charge >= 0.3 is 0 Å². The third kappa shape index (κ3) is 4.55. The van der Waals surface area contributed by atoms with Gasteiger partial charge in [-0.25, -0.2) is 0 Å². The van der Waals surface area contributed by atoms with Crippen molar-refractivity contribution in [2.75, 3.05) is 44.2 Å². The second-order valence-electron chi connectivity index (χ2n) is 6.39. The van der Waals surface area contributed by atoms with Crippen molar-refractivity contribution in [2.24, 2.45) is 5.16 Å². The van der Waals surface area contributed by atoms with Gasteiger partial charge in [0, 0.05) is 39.1 Å². The molecule has 0 radical (unpaired) electrons. The summed E-state index contributed by atoms with van der Waals surface area (Å²) in [5, 5.41) is 12.8. The minimum atomic E-state index is 0.680. The summed E-state index contributed by atoms with van der Waals surface area (Å²) >= 11 is 0. The monoisotopic (exact) mass is 353 g/mol. The Hall–Kier alpha value is -2.53. The van der Waals surface area contributed by atoms with Crippen LogP contribution >= 0.6 is 0 Å². The molecule has 1 N–H and O–H groups in total. The van der Waals surface area contributed by atoms with E-state index in [9.17, 15) is 5.21 Å². The molecule has 1 aliphatic rings. The SMILES string of the molecule is CCOc1ccccc1N1CCN(CCC(=NO)c2ccccc2)CC1. The van der Waals surface area contributed by atoms with E-state index >= 15 is 0 Å². The Kier molecular flexibility index (Phi) is 6.50. The highest BCUT2D eigenvalue weighted by Crippen LogP contribution is 2.28. The van der Waals surface area contributed by atoms with Crippen molar-refractivity contribution in [3.8, 4) is 5.75 Å². The molecule has 5 heteroatoms. The number of rotatable bonds is 7. The molecule has 0 spiro atoms. The quantitative estimate of drug-likeness (QED) is 0.470. The summed E-state index contributed by atoms with van der Waals surface area (Å²) in [6, 6.07) is 18.1. The zero-order valence-corrected chi connectivity index (χ0v) is 15.3. The summed E-state index contributed by atoms with van der Waals surface area (Å²) in [5.41, 5.74) is 2.91. The second-order valence-corrected chi connectivity index (χ2v) is 6.39. The van der Waals surface area contributed by atoms with Gasteiger partial charge in [-0.1, -0.05) is 47.6 Å². The lowest BCUT2D eigenvalue weighted by molar-refractivity contribution is 0.261. The standard InChI is InChI=1S/C21H27N3O2/c1-2-26-21-11-7-6-10-20(21)24-16-14-23(15-17-24)13-12-19(22-25)18-8-4-3-5-9-18/h3-11,25H,2,12-17H2,1H3. The van der Waals surface area contributed by atoms with Crippen molar-refractivity contribution < 1.29 is 9.94 Å². The lowest BCUT2D eigenvalue weighted by atomic mass is 10.1. The Morgan fingerprint density at radius 1 is 1.00 bits per heavy atom. The summed E-state index contributed by atoms with van der Waals surface area (Å²) in [4.78, 5) is 4.81. The van der Waals surface area contributed by atoms with Crippen molar-refractivity contribution in [1.82, 2.24) is 4.90 Å². The fourth-order valence-electron chi connectivity index (χ4n) is 3.35. The highest BCUT2D eigenvalue weighted by atomic mass is 16.5. The van der Waals surface area contributed by atoms with Crippen LogP contribution in [0.1, 0.15) is 18.9 Å². The molecule has 0 aromatic heterocycles. The van der Waals surface area contributed by atoms with E-state index in [1.54, 1.807) is 0 Å². The van der Waals surface area contributed by atoms with Gasteiger partial charge in [0.25, 0.3) is 0 Å². The van der Waals surface area contributed by atoms with Gasteiger partial charge in [-0.3, -0.25) is 4.90 Å². The molecule has 5 nitrogen and oxygen atoms in total. The van der Waals surface area contributed by atoms with Gasteiger partial charge in [0.15, 0.2) is 0 Å². The minimum Gasteiger partial charge on any atom is -0.492 e. The number of piperazine rings is 1. The number of hydrogen-bond donors (Lipinski definition) is 1. The summed E-state index contributed by atoms with van der Waals surface area (Å²) < 4.78 is 5.76. The summed E-state index contributed by atoms with van der Waals surface area (Å²) in [7, 11) is 0. The van der Waals surface area contributed by atoms with E-state index in [-0.39, 0.29) is 0 Å². The topological polar surface area (TPSA) is 48.3 Å². The van der Waals surface area contributed by atoms with Crippen LogP contribution in [0, 0.1) is 0 Å². The Morgan fingerprint density at radius 2 is 1.69 bits per heavy atom. The molecule has 0 unspecified atom stereocenters. The van der Waals surface area contributed by atoms with Crippen molar-refractivity contribution in [1.29, 1.82) is 0 Å². The second kappa shape index (κ2) is 9.25. The van der Waals surface area contributed by atoms with Crippen LogP contribution in [-0.4, -0.2) is 55.1 Å². The number of hydrogen-bond acceptors (Lipinski definition) is 5. The highest BCUT2D eigenvalue weighted by molar-refractivity contribution is 6.00. The Labute approximate surface area is 155 Å². The average molecular weight is 353 g/mol. The number of anilines is 1. The molecule has 138 valence electrons. The molecule has 26 heavy (non-hydrogen) atoms. The van der Waals surface area contributed by atoms with Crippen LogP contribution in [0.2, 0.25) is 0 Å². The van der Waals surface area contributed by atoms with Gasteiger partial charge in [0.1, 0.15) is 5.75 Å². The maximum atomic E-state index is 9.33. The molecule has 0 saturated carbocycles. The van der Waals surface area contributed by atoms with Gasteiger partial charge in [0.05, 0.1) is 18.0 Å². The smallest absolute Gasteiger partial charge is 0.142 e. The van der Waals surface area contributed by atoms with Crippen molar-refractivity contribution in [2.45, 2.75) is 13.3 Å². The van der Waals surface area contributed by atoms with Gasteiger partial charge in [-0.2, -0.15) is 0 Å². The first-order chi connectivity index (χ1) is 12.8. The molecule has 2 aromatic rings. The molecule has 1 saturated heterocycles. The molecule has 0 bridgehead atoms. The normalized spacial score (nSPS) is 15.9. The molecule has 0 aliphatic carbocycles. The van der Waals surface area contributed by atoms with E-state index < -0.39 is 0 Å². The third-order valence-electron chi connectivity index (χ3n) is 4.77. The molecule has 0 amide bonds. The van der Waals surface area contributed by atoms with Crippen LogP contribution in [0.5, 0.6) is 5.75 Å². The van der Waals surface area contributed by atoms with Crippen LogP contribution in [0.4, 0.5) is 5.69 Å². The lowest BCUT2D eigenvalue weighted by Gasteiger charge is -2.36. The van der Waals surface area contributed by atoms with E-state index in [0.717, 1.165) is 56.2 Å². The fourth-order valence-corrected chi connectivity index (χ4v) is 3.35. The number of oxime groups is 1. The molecule has 1 heterocycles. The predicted octanol–water partition coefficient (Wildman–Crippen LogP) is 3.48. The van der Waals surface area contributed by atoms with Gasteiger partial charge in [-0.05, 0) is 24.6 Å². The Bertz CT molecular complexity index is 710. The Morgan fingerprint density at radius 3 is 2.38 bits per heavy atom. The fraction of sp³-hybridized carbons (Fsp3) is 0.381. The van der Waals surface area contributed by atoms with E-state index in [2.05, 4.69) is 27.1 Å². The molecule has 1 aliphatic heterocycles. The molecule has 1 fully saturated rings. The number of para-hydroxylation sites is 2. The van der Waals surface area contributed by atoms with Crippen molar-refractivity contribution in [3.05, 3.63) is 60.2 Å². The van der Waals surface area contributed by atoms with Crippen LogP contribution in [0.25, 0.3) is 0 Å². The molecule has 0 atom stereocenters. The maximum absolute atomic E-state index is 9.33. The van der Waals surface area contributed by atoms with Crippen LogP contribution in [0.15, 0.2) is 59.8 Å². The zero-order chi connectivity index (χ0) is 18.2. The lowest BCUT2D eigenvalue weighted by Crippen LogP contribution is -2.47. The average Bonchev–Trinajstić information content (AvgIpc) is 2.70. The van der Waals surface area contributed by atoms with E-state index in [0.29, 0.717) is 6.61 Å². The van der Waals surface area contributed by atoms with E-state index in [4.69, 9.17) is 4.74 Å². The molecule has 2 aromatic carbocycles. The molecular weight excluding hydrogens is 326 g/mol. The first-order valence-electron chi connectivity index (χ1n) is 9.27. The summed E-state index contributed by atoms with van der Waals surface area (Å²) in [6.07, 6.45) is 0.746. The molecular formula is C21H27N3O2. The minimum absolute atomic E-state index is 0.680. The predicted molar refractivity (Wildman–Crippen MR) is 106 cm³/mol. The largest absolute Gasteiger partial charge is 0.492 e. The van der Waals surface area contributed by atoms with Crippen LogP contribution < -0.4 is 9.64 Å². The summed E-state index contributed by atoms with van der Waals surface area (Å²) in [5.74, 6) is 0.960. The van der Waals surface area contributed by atoms with Crippen LogP contribution in [0.3, 0.4) is 0 Å². The van der Waals surface area contributed by atoms with Gasteiger partial charge in [-0.15, -0.1) is 0 Å². The number of ether oxygens (including phenoxy) is 1. The zero-order valence-electron chi connectivity index (χ0n) is 15.3. The van der Waals surface area contributed by atoms with Crippen LogP contribution in [-0.2, 0) is 0 Å². The summed E-state index contributed by atoms with van der Waals surface area (Å²) in [6.45, 7) is 7.53. The van der Waals surface area contributed by atoms with Crippen molar-refractivity contribution >= 4 is 11.4 Å². The van der Waals surface area contributed by atoms with Gasteiger partial charge in [0.2, 0.25) is 0 Å². The molecule has 3 rings (SSSR count).